The van der Waals surface area contributed by atoms with Gasteiger partial charge in [0.25, 0.3) is 0 Å². The van der Waals surface area contributed by atoms with Gasteiger partial charge in [-0.05, 0) is 25.7 Å². The van der Waals surface area contributed by atoms with Crippen molar-refractivity contribution in [2.75, 3.05) is 0 Å². The Morgan fingerprint density at radius 2 is 2.31 bits per heavy atom. The molecule has 0 spiro atoms. The number of carbonyl (C=O) groups is 1. The third-order valence-corrected chi connectivity index (χ3v) is 3.14. The van der Waals surface area contributed by atoms with Gasteiger partial charge in [-0.3, -0.25) is 9.20 Å². The van der Waals surface area contributed by atoms with Crippen LogP contribution in [0.25, 0.3) is 5.78 Å². The first-order valence-electron chi connectivity index (χ1n) is 5.53. The van der Waals surface area contributed by atoms with Crippen LogP contribution < -0.4 is 0 Å². The maximum Gasteiger partial charge on any atom is 0.309 e. The number of hydrogen-bond acceptors (Lipinski definition) is 2. The Bertz CT molecular complexity index is 553. The number of aliphatic carboxylic acids is 1. The van der Waals surface area contributed by atoms with Gasteiger partial charge in [0.2, 0.25) is 5.78 Å². The molecule has 84 valence electrons. The summed E-state index contributed by atoms with van der Waals surface area (Å²) in [6, 6.07) is 0. The number of aromatic amines is 1. The minimum atomic E-state index is -0.812. The number of hydrogen-bond donors (Lipinski definition) is 2. The van der Waals surface area contributed by atoms with Crippen molar-refractivity contribution in [2.45, 2.75) is 32.1 Å². The summed E-state index contributed by atoms with van der Waals surface area (Å²) in [5.74, 6) is -0.0318. The average Bonchev–Trinajstić information content (AvgIpc) is 2.77. The average molecular weight is 219 g/mol. The Morgan fingerprint density at radius 3 is 3.12 bits per heavy atom. The van der Waals surface area contributed by atoms with E-state index < -0.39 is 5.97 Å². The van der Waals surface area contributed by atoms with E-state index in [0.29, 0.717) is 0 Å². The quantitative estimate of drug-likeness (QED) is 0.796. The Labute approximate surface area is 92.1 Å². The fraction of sp³-hybridized carbons (Fsp3) is 0.455. The second-order valence-electron chi connectivity index (χ2n) is 4.24. The Kier molecular flexibility index (Phi) is 1.99. The number of nitrogens with one attached hydrogen (secondary N) is 1. The van der Waals surface area contributed by atoms with Gasteiger partial charge in [0.05, 0.1) is 18.3 Å². The van der Waals surface area contributed by atoms with Crippen molar-refractivity contribution in [1.29, 1.82) is 0 Å². The summed E-state index contributed by atoms with van der Waals surface area (Å²) in [6.45, 7) is 0. The molecule has 0 fully saturated rings. The zero-order chi connectivity index (χ0) is 11.1. The van der Waals surface area contributed by atoms with Crippen LogP contribution in [0.5, 0.6) is 0 Å². The molecule has 0 aromatic carbocycles. The molecule has 0 bridgehead atoms. The summed E-state index contributed by atoms with van der Waals surface area (Å²) in [5, 5.41) is 8.84. The zero-order valence-electron chi connectivity index (χ0n) is 8.86. The zero-order valence-corrected chi connectivity index (χ0v) is 8.86. The van der Waals surface area contributed by atoms with Crippen LogP contribution in [0.2, 0.25) is 0 Å². The molecule has 0 atom stereocenters. The summed E-state index contributed by atoms with van der Waals surface area (Å²) in [4.78, 5) is 18.2. The van der Waals surface area contributed by atoms with Gasteiger partial charge < -0.3 is 10.1 Å². The molecule has 0 saturated heterocycles. The molecule has 2 N–H and O–H groups in total. The maximum atomic E-state index is 10.7. The van der Waals surface area contributed by atoms with Crippen molar-refractivity contribution >= 4 is 11.7 Å². The van der Waals surface area contributed by atoms with E-state index in [9.17, 15) is 4.79 Å². The second-order valence-corrected chi connectivity index (χ2v) is 4.24. The molecule has 0 saturated carbocycles. The summed E-state index contributed by atoms with van der Waals surface area (Å²) in [7, 11) is 0. The number of imidazole rings is 2. The Hall–Kier alpha value is -1.78. The Morgan fingerprint density at radius 1 is 1.50 bits per heavy atom. The lowest BCUT2D eigenvalue weighted by Gasteiger charge is -2.11. The van der Waals surface area contributed by atoms with Gasteiger partial charge >= 0.3 is 5.97 Å². The summed E-state index contributed by atoms with van der Waals surface area (Å²) in [6.07, 6.45) is 6.11. The molecule has 16 heavy (non-hydrogen) atoms. The minimum Gasteiger partial charge on any atom is -0.481 e. The van der Waals surface area contributed by atoms with E-state index in [1.54, 1.807) is 6.20 Å². The van der Waals surface area contributed by atoms with Gasteiger partial charge in [-0.15, -0.1) is 0 Å². The highest BCUT2D eigenvalue weighted by Crippen LogP contribution is 2.23. The van der Waals surface area contributed by atoms with E-state index in [1.165, 1.54) is 24.2 Å². The molecule has 0 aliphatic heterocycles. The van der Waals surface area contributed by atoms with Crippen molar-refractivity contribution in [3.8, 4) is 0 Å². The molecule has 1 aliphatic rings. The summed E-state index contributed by atoms with van der Waals surface area (Å²) in [5.41, 5.74) is 3.21. The van der Waals surface area contributed by atoms with Gasteiger partial charge in [-0.1, -0.05) is 0 Å². The molecule has 2 aromatic rings. The highest BCUT2D eigenvalue weighted by Gasteiger charge is 2.19. The first kappa shape index (κ1) is 9.45. The molecular weight excluding hydrogens is 206 g/mol. The van der Waals surface area contributed by atoms with E-state index in [1.807, 2.05) is 4.40 Å². The third-order valence-electron chi connectivity index (χ3n) is 3.14. The summed E-state index contributed by atoms with van der Waals surface area (Å²) < 4.78 is 1.97. The van der Waals surface area contributed by atoms with E-state index >= 15 is 0 Å². The number of rotatable bonds is 2. The van der Waals surface area contributed by atoms with Crippen LogP contribution in [-0.4, -0.2) is 25.4 Å². The third kappa shape index (κ3) is 1.31. The van der Waals surface area contributed by atoms with Crippen LogP contribution >= 0.6 is 0 Å². The largest absolute Gasteiger partial charge is 0.481 e. The minimum absolute atomic E-state index is 0.0332. The van der Waals surface area contributed by atoms with Crippen molar-refractivity contribution < 1.29 is 9.90 Å². The van der Waals surface area contributed by atoms with Crippen LogP contribution in [0.1, 0.15) is 29.9 Å². The molecular formula is C11H13N3O2. The topological polar surface area (TPSA) is 70.4 Å². The van der Waals surface area contributed by atoms with Gasteiger partial charge in [0.15, 0.2) is 0 Å². The van der Waals surface area contributed by atoms with E-state index in [0.717, 1.165) is 24.3 Å². The first-order chi connectivity index (χ1) is 7.75. The van der Waals surface area contributed by atoms with E-state index in [2.05, 4.69) is 9.97 Å². The van der Waals surface area contributed by atoms with Crippen LogP contribution in [-0.2, 0) is 24.1 Å². The molecule has 0 unspecified atom stereocenters. The maximum absolute atomic E-state index is 10.7. The van der Waals surface area contributed by atoms with E-state index in [-0.39, 0.29) is 6.42 Å². The smallest absolute Gasteiger partial charge is 0.309 e. The number of fused-ring (bicyclic) bond motifs is 3. The molecule has 2 aromatic heterocycles. The first-order valence-corrected chi connectivity index (χ1v) is 5.53. The van der Waals surface area contributed by atoms with Crippen molar-refractivity contribution in [1.82, 2.24) is 14.4 Å². The fourth-order valence-electron chi connectivity index (χ4n) is 2.46. The number of aromatic nitrogens is 3. The molecule has 5 nitrogen and oxygen atoms in total. The molecule has 3 rings (SSSR count). The number of carboxylic acids is 1. The number of carboxylic acid groups (broad SMARTS) is 1. The molecule has 2 heterocycles. The van der Waals surface area contributed by atoms with Crippen LogP contribution in [0.15, 0.2) is 6.20 Å². The second kappa shape index (κ2) is 3.37. The van der Waals surface area contributed by atoms with Crippen molar-refractivity contribution in [2.24, 2.45) is 0 Å². The SMILES string of the molecule is O=C(O)Cc1cnc2[nH]c3c(n12)CCCC3. The normalized spacial score (nSPS) is 15.2. The predicted molar refractivity (Wildman–Crippen MR) is 57.5 cm³/mol. The van der Waals surface area contributed by atoms with Gasteiger partial charge in [-0.25, -0.2) is 4.98 Å². The van der Waals surface area contributed by atoms with Crippen molar-refractivity contribution in [3.05, 3.63) is 23.3 Å². The van der Waals surface area contributed by atoms with E-state index in [4.69, 9.17) is 5.11 Å². The highest BCUT2D eigenvalue weighted by atomic mass is 16.4. The number of aryl methyl sites for hydroxylation is 2. The van der Waals surface area contributed by atoms with Gasteiger partial charge in [0, 0.05) is 11.4 Å². The predicted octanol–water partition coefficient (Wildman–Crippen LogP) is 1.17. The van der Waals surface area contributed by atoms with Crippen molar-refractivity contribution in [3.63, 3.8) is 0 Å². The number of H-pyrrole nitrogens is 1. The lowest BCUT2D eigenvalue weighted by Crippen LogP contribution is -2.08. The molecule has 0 amide bonds. The lowest BCUT2D eigenvalue weighted by atomic mass is 10.0. The standard InChI is InChI=1S/C11H13N3O2/c15-10(16)5-7-6-12-11-13-8-3-1-2-4-9(8)14(7)11/h6H,1-5H2,(H,12,13)(H,15,16). The molecule has 1 aliphatic carbocycles. The summed E-state index contributed by atoms with van der Waals surface area (Å²) >= 11 is 0. The molecule has 5 heteroatoms. The Balaban J connectivity index is 2.16. The van der Waals surface area contributed by atoms with Crippen LogP contribution in [0.3, 0.4) is 0 Å². The highest BCUT2D eigenvalue weighted by molar-refractivity contribution is 5.70. The van der Waals surface area contributed by atoms with Gasteiger partial charge in [-0.2, -0.15) is 0 Å². The lowest BCUT2D eigenvalue weighted by molar-refractivity contribution is -0.136. The van der Waals surface area contributed by atoms with Crippen LogP contribution in [0.4, 0.5) is 0 Å². The number of nitrogens with zero attached hydrogens (tertiary/aromatic N) is 2. The molecule has 0 radical (unpaired) electrons. The fourth-order valence-corrected chi connectivity index (χ4v) is 2.46. The monoisotopic (exact) mass is 219 g/mol. The van der Waals surface area contributed by atoms with Crippen LogP contribution in [0, 0.1) is 0 Å². The van der Waals surface area contributed by atoms with Gasteiger partial charge in [0.1, 0.15) is 0 Å².